The van der Waals surface area contributed by atoms with Crippen LogP contribution in [0.4, 0.5) is 11.4 Å². The maximum absolute atomic E-state index is 12.5. The van der Waals surface area contributed by atoms with Crippen molar-refractivity contribution in [3.63, 3.8) is 0 Å². The van der Waals surface area contributed by atoms with Crippen LogP contribution in [0.15, 0.2) is 72.8 Å². The summed E-state index contributed by atoms with van der Waals surface area (Å²) in [5, 5.41) is 2.89. The summed E-state index contributed by atoms with van der Waals surface area (Å²) in [6.45, 7) is 1.06. The predicted octanol–water partition coefficient (Wildman–Crippen LogP) is 4.30. The zero-order chi connectivity index (χ0) is 24.5. The minimum atomic E-state index is -0.169. The first-order chi connectivity index (χ1) is 17.1. The lowest BCUT2D eigenvalue weighted by atomic mass is 10.2. The largest absolute Gasteiger partial charge is 0.497 e. The van der Waals surface area contributed by atoms with E-state index in [0.29, 0.717) is 55.5 Å². The highest BCUT2D eigenvalue weighted by Gasteiger charge is 2.26. The molecular weight excluding hydrogens is 448 g/mol. The third-order valence-electron chi connectivity index (χ3n) is 5.39. The van der Waals surface area contributed by atoms with Gasteiger partial charge in [-0.1, -0.05) is 18.2 Å². The monoisotopic (exact) mass is 476 g/mol. The van der Waals surface area contributed by atoms with Gasteiger partial charge in [0, 0.05) is 12.1 Å². The molecular formula is C27H28N2O6. The summed E-state index contributed by atoms with van der Waals surface area (Å²) < 4.78 is 22.1. The highest BCUT2D eigenvalue weighted by Crippen LogP contribution is 2.34. The van der Waals surface area contributed by atoms with E-state index in [-0.39, 0.29) is 18.4 Å². The number of nitrogens with one attached hydrogen (secondary N) is 1. The fourth-order valence-electron chi connectivity index (χ4n) is 3.61. The second-order valence-corrected chi connectivity index (χ2v) is 7.85. The van der Waals surface area contributed by atoms with Crippen LogP contribution in [0.5, 0.6) is 23.0 Å². The molecule has 0 fully saturated rings. The maximum Gasteiger partial charge on any atom is 0.265 e. The number of rotatable bonds is 11. The Morgan fingerprint density at radius 1 is 0.943 bits per heavy atom. The van der Waals surface area contributed by atoms with Gasteiger partial charge >= 0.3 is 0 Å². The summed E-state index contributed by atoms with van der Waals surface area (Å²) >= 11 is 0. The van der Waals surface area contributed by atoms with Gasteiger partial charge in [-0.2, -0.15) is 0 Å². The van der Waals surface area contributed by atoms with Crippen LogP contribution in [0.1, 0.15) is 12.8 Å². The number of anilines is 2. The van der Waals surface area contributed by atoms with Gasteiger partial charge in [-0.3, -0.25) is 9.59 Å². The van der Waals surface area contributed by atoms with Crippen LogP contribution >= 0.6 is 0 Å². The lowest BCUT2D eigenvalue weighted by molar-refractivity contribution is -0.121. The summed E-state index contributed by atoms with van der Waals surface area (Å²) in [6.07, 6.45) is 0.904. The zero-order valence-electron chi connectivity index (χ0n) is 19.6. The molecule has 1 heterocycles. The number of ether oxygens (including phenoxy) is 4. The van der Waals surface area contributed by atoms with E-state index >= 15 is 0 Å². The van der Waals surface area contributed by atoms with Gasteiger partial charge in [0.1, 0.15) is 29.6 Å². The Bertz CT molecular complexity index is 1130. The van der Waals surface area contributed by atoms with Crippen LogP contribution in [0.2, 0.25) is 0 Å². The van der Waals surface area contributed by atoms with E-state index in [1.807, 2.05) is 54.6 Å². The van der Waals surface area contributed by atoms with Crippen LogP contribution in [0, 0.1) is 0 Å². The minimum Gasteiger partial charge on any atom is -0.497 e. The topological polar surface area (TPSA) is 86.3 Å². The fourth-order valence-corrected chi connectivity index (χ4v) is 3.61. The first kappa shape index (κ1) is 23.9. The number of hydrogen-bond donors (Lipinski definition) is 1. The van der Waals surface area contributed by atoms with E-state index in [1.54, 1.807) is 30.2 Å². The van der Waals surface area contributed by atoms with E-state index in [9.17, 15) is 9.59 Å². The van der Waals surface area contributed by atoms with Crippen molar-refractivity contribution < 1.29 is 28.5 Å². The van der Waals surface area contributed by atoms with Crippen molar-refractivity contribution in [3.05, 3.63) is 72.8 Å². The third-order valence-corrected chi connectivity index (χ3v) is 5.39. The van der Waals surface area contributed by atoms with E-state index in [2.05, 4.69) is 5.32 Å². The van der Waals surface area contributed by atoms with Crippen LogP contribution in [0.3, 0.4) is 0 Å². The smallest absolute Gasteiger partial charge is 0.265 e. The number of hydrogen-bond acceptors (Lipinski definition) is 6. The molecule has 0 aliphatic carbocycles. The normalized spacial score (nSPS) is 12.4. The van der Waals surface area contributed by atoms with Crippen molar-refractivity contribution in [2.24, 2.45) is 0 Å². The maximum atomic E-state index is 12.5. The van der Waals surface area contributed by atoms with Crippen LogP contribution in [0.25, 0.3) is 0 Å². The van der Waals surface area contributed by atoms with Crippen LogP contribution in [-0.2, 0) is 9.59 Å². The summed E-state index contributed by atoms with van der Waals surface area (Å²) in [6, 6.07) is 22.0. The number of benzene rings is 3. The second-order valence-electron chi connectivity index (χ2n) is 7.85. The van der Waals surface area contributed by atoms with Crippen LogP contribution < -0.4 is 29.2 Å². The highest BCUT2D eigenvalue weighted by atomic mass is 16.5. The average Bonchev–Trinajstić information content (AvgIpc) is 2.89. The molecule has 0 radical (unpaired) electrons. The molecule has 0 unspecified atom stereocenters. The molecule has 4 rings (SSSR count). The Morgan fingerprint density at radius 2 is 1.66 bits per heavy atom. The summed E-state index contributed by atoms with van der Waals surface area (Å²) in [5.41, 5.74) is 1.20. The summed E-state index contributed by atoms with van der Waals surface area (Å²) in [4.78, 5) is 26.6. The molecule has 182 valence electrons. The highest BCUT2D eigenvalue weighted by molar-refractivity contribution is 5.99. The van der Waals surface area contributed by atoms with Crippen molar-refractivity contribution in [2.45, 2.75) is 12.8 Å². The average molecular weight is 477 g/mol. The Kier molecular flexibility index (Phi) is 8.06. The molecule has 8 nitrogen and oxygen atoms in total. The molecule has 3 aromatic carbocycles. The van der Waals surface area contributed by atoms with E-state index < -0.39 is 0 Å². The van der Waals surface area contributed by atoms with Crippen molar-refractivity contribution in [1.82, 2.24) is 0 Å². The SMILES string of the molecule is COc1ccc(OCCN2C(=O)COc3ccc(NC(=O)CCCOc4ccccc4)cc32)cc1. The molecule has 3 aromatic rings. The van der Waals surface area contributed by atoms with E-state index in [4.69, 9.17) is 18.9 Å². The van der Waals surface area contributed by atoms with Crippen molar-refractivity contribution in [1.29, 1.82) is 0 Å². The fraction of sp³-hybridized carbons (Fsp3) is 0.259. The summed E-state index contributed by atoms with van der Waals surface area (Å²) in [7, 11) is 1.61. The van der Waals surface area contributed by atoms with Gasteiger partial charge in [-0.05, 0) is 61.0 Å². The second kappa shape index (κ2) is 11.8. The van der Waals surface area contributed by atoms with Gasteiger partial charge in [0.2, 0.25) is 5.91 Å². The molecule has 1 N–H and O–H groups in total. The first-order valence-electron chi connectivity index (χ1n) is 11.4. The molecule has 2 amide bonds. The standard InChI is InChI=1S/C27H28N2O6/c1-32-21-10-12-23(13-11-21)34-17-15-29-24-18-20(9-14-25(24)35-19-27(29)31)28-26(30)8-5-16-33-22-6-3-2-4-7-22/h2-4,6-7,9-14,18H,5,8,15-17,19H2,1H3,(H,28,30). The Morgan fingerprint density at radius 3 is 2.43 bits per heavy atom. The van der Waals surface area contributed by atoms with Gasteiger partial charge in [-0.15, -0.1) is 0 Å². The molecule has 0 bridgehead atoms. The zero-order valence-corrected chi connectivity index (χ0v) is 19.6. The van der Waals surface area contributed by atoms with Gasteiger partial charge in [0.15, 0.2) is 6.61 Å². The number of para-hydroxylation sites is 1. The lowest BCUT2D eigenvalue weighted by Crippen LogP contribution is -2.41. The van der Waals surface area contributed by atoms with Gasteiger partial charge in [0.25, 0.3) is 5.91 Å². The molecule has 0 spiro atoms. The third kappa shape index (κ3) is 6.66. The Hall–Kier alpha value is -4.20. The molecule has 0 aromatic heterocycles. The van der Waals surface area contributed by atoms with Gasteiger partial charge in [-0.25, -0.2) is 0 Å². The first-order valence-corrected chi connectivity index (χ1v) is 11.4. The molecule has 1 aliphatic heterocycles. The number of carbonyl (C=O) groups is 2. The quantitative estimate of drug-likeness (QED) is 0.416. The Labute approximate surface area is 204 Å². The van der Waals surface area contributed by atoms with E-state index in [1.165, 1.54) is 0 Å². The number of amides is 2. The summed E-state index contributed by atoms with van der Waals surface area (Å²) in [5.74, 6) is 2.50. The number of nitrogens with zero attached hydrogens (tertiary/aromatic N) is 1. The number of fused-ring (bicyclic) bond motifs is 1. The van der Waals surface area contributed by atoms with Gasteiger partial charge < -0.3 is 29.2 Å². The van der Waals surface area contributed by atoms with E-state index in [0.717, 1.165) is 11.5 Å². The minimum absolute atomic E-state index is 0.0390. The molecule has 0 saturated carbocycles. The molecule has 8 heteroatoms. The van der Waals surface area contributed by atoms with Crippen molar-refractivity contribution in [3.8, 4) is 23.0 Å². The number of carbonyl (C=O) groups excluding carboxylic acids is 2. The number of methoxy groups -OCH3 is 1. The Balaban J connectivity index is 1.30. The van der Waals surface area contributed by atoms with Crippen molar-refractivity contribution >= 4 is 23.2 Å². The molecule has 0 saturated heterocycles. The lowest BCUT2D eigenvalue weighted by Gasteiger charge is -2.29. The van der Waals surface area contributed by atoms with Crippen LogP contribution in [-0.4, -0.2) is 45.3 Å². The van der Waals surface area contributed by atoms with Gasteiger partial charge in [0.05, 0.1) is 25.9 Å². The van der Waals surface area contributed by atoms with Crippen molar-refractivity contribution in [2.75, 3.05) is 43.7 Å². The predicted molar refractivity (Wildman–Crippen MR) is 133 cm³/mol. The molecule has 35 heavy (non-hydrogen) atoms. The molecule has 0 atom stereocenters. The molecule has 1 aliphatic rings.